The van der Waals surface area contributed by atoms with Gasteiger partial charge < -0.3 is 10.2 Å². The van der Waals surface area contributed by atoms with Gasteiger partial charge >= 0.3 is 0 Å². The van der Waals surface area contributed by atoms with Crippen LogP contribution >= 0.6 is 0 Å². The highest BCUT2D eigenvalue weighted by Crippen LogP contribution is 2.44. The Labute approximate surface area is 87.0 Å². The topological polar surface area (TPSA) is 15.3 Å². The van der Waals surface area contributed by atoms with Crippen molar-refractivity contribution >= 4 is 0 Å². The van der Waals surface area contributed by atoms with Gasteiger partial charge in [-0.25, -0.2) is 0 Å². The van der Waals surface area contributed by atoms with Gasteiger partial charge in [0.2, 0.25) is 0 Å². The highest BCUT2D eigenvalue weighted by atomic mass is 15.2. The van der Waals surface area contributed by atoms with E-state index in [0.29, 0.717) is 0 Å². The first-order valence-electron chi connectivity index (χ1n) is 6.37. The van der Waals surface area contributed by atoms with Crippen LogP contribution in [-0.4, -0.2) is 37.1 Å². The summed E-state index contributed by atoms with van der Waals surface area (Å²) in [5.74, 6) is 2.21. The molecule has 3 unspecified atom stereocenters. The molecule has 1 N–H and O–H groups in total. The van der Waals surface area contributed by atoms with E-state index in [1.54, 1.807) is 0 Å². The lowest BCUT2D eigenvalue weighted by atomic mass is 10.0. The largest absolute Gasteiger partial charge is 0.314 e. The minimum Gasteiger partial charge on any atom is -0.314 e. The number of rotatable bonds is 3. The second kappa shape index (κ2) is 3.82. The number of hydrogen-bond acceptors (Lipinski definition) is 2. The maximum Gasteiger partial charge on any atom is 0.00792 e. The van der Waals surface area contributed by atoms with E-state index >= 15 is 0 Å². The lowest BCUT2D eigenvalue weighted by Gasteiger charge is -2.26. The predicted molar refractivity (Wildman–Crippen MR) is 58.3 cm³/mol. The van der Waals surface area contributed by atoms with Crippen molar-refractivity contribution < 1.29 is 0 Å². The SMILES string of the molecule is C1CCC(CCN2CC3CC3C2)NC1. The highest BCUT2D eigenvalue weighted by molar-refractivity contribution is 4.96. The fourth-order valence-electron chi connectivity index (χ4n) is 3.19. The lowest BCUT2D eigenvalue weighted by Crippen LogP contribution is -2.37. The number of hydrogen-bond donors (Lipinski definition) is 1. The highest BCUT2D eigenvalue weighted by Gasteiger charge is 2.44. The van der Waals surface area contributed by atoms with E-state index in [1.165, 1.54) is 58.3 Å². The summed E-state index contributed by atoms with van der Waals surface area (Å²) >= 11 is 0. The smallest absolute Gasteiger partial charge is 0.00792 e. The zero-order valence-electron chi connectivity index (χ0n) is 9.04. The summed E-state index contributed by atoms with van der Waals surface area (Å²) in [7, 11) is 0. The van der Waals surface area contributed by atoms with Crippen molar-refractivity contribution in [3.63, 3.8) is 0 Å². The first-order chi connectivity index (χ1) is 6.92. The first-order valence-corrected chi connectivity index (χ1v) is 6.37. The second-order valence-electron chi connectivity index (χ2n) is 5.45. The Bertz CT molecular complexity index is 186. The molecule has 0 amide bonds. The third-order valence-electron chi connectivity index (χ3n) is 4.26. The Morgan fingerprint density at radius 2 is 2.00 bits per heavy atom. The van der Waals surface area contributed by atoms with Gasteiger partial charge in [-0.15, -0.1) is 0 Å². The third-order valence-corrected chi connectivity index (χ3v) is 4.26. The maximum atomic E-state index is 3.64. The lowest BCUT2D eigenvalue weighted by molar-refractivity contribution is 0.268. The van der Waals surface area contributed by atoms with Crippen molar-refractivity contribution in [2.45, 2.75) is 38.1 Å². The normalized spacial score (nSPS) is 42.4. The Morgan fingerprint density at radius 3 is 2.71 bits per heavy atom. The van der Waals surface area contributed by atoms with Gasteiger partial charge in [0.25, 0.3) is 0 Å². The van der Waals surface area contributed by atoms with Crippen molar-refractivity contribution in [1.29, 1.82) is 0 Å². The molecule has 14 heavy (non-hydrogen) atoms. The Morgan fingerprint density at radius 1 is 1.14 bits per heavy atom. The monoisotopic (exact) mass is 194 g/mol. The quantitative estimate of drug-likeness (QED) is 0.732. The zero-order chi connectivity index (χ0) is 9.38. The van der Waals surface area contributed by atoms with Gasteiger partial charge in [-0.1, -0.05) is 6.42 Å². The van der Waals surface area contributed by atoms with Gasteiger partial charge in [0.15, 0.2) is 0 Å². The molecule has 3 fully saturated rings. The summed E-state index contributed by atoms with van der Waals surface area (Å²) in [6.45, 7) is 5.44. The van der Waals surface area contributed by atoms with Crippen molar-refractivity contribution in [3.8, 4) is 0 Å². The Hall–Kier alpha value is -0.0800. The van der Waals surface area contributed by atoms with Gasteiger partial charge in [-0.2, -0.15) is 0 Å². The van der Waals surface area contributed by atoms with Gasteiger partial charge in [0.1, 0.15) is 0 Å². The first kappa shape index (κ1) is 9.17. The predicted octanol–water partition coefficient (Wildman–Crippen LogP) is 1.47. The molecular formula is C12H22N2. The molecule has 80 valence electrons. The van der Waals surface area contributed by atoms with Crippen LogP contribution in [0, 0.1) is 11.8 Å². The molecule has 2 saturated heterocycles. The second-order valence-corrected chi connectivity index (χ2v) is 5.45. The van der Waals surface area contributed by atoms with Crippen molar-refractivity contribution in [3.05, 3.63) is 0 Å². The standard InChI is InChI=1S/C12H22N2/c1-2-5-13-12(3-1)4-6-14-8-10-7-11(10)9-14/h10-13H,1-9H2. The molecule has 1 aliphatic carbocycles. The average Bonchev–Trinajstić information content (AvgIpc) is 2.85. The van der Waals surface area contributed by atoms with Crippen LogP contribution in [0.2, 0.25) is 0 Å². The number of piperidine rings is 2. The van der Waals surface area contributed by atoms with E-state index < -0.39 is 0 Å². The van der Waals surface area contributed by atoms with Gasteiger partial charge in [0, 0.05) is 19.1 Å². The van der Waals surface area contributed by atoms with Crippen LogP contribution in [0.15, 0.2) is 0 Å². The van der Waals surface area contributed by atoms with Crippen LogP contribution in [-0.2, 0) is 0 Å². The van der Waals surface area contributed by atoms with E-state index in [4.69, 9.17) is 0 Å². The van der Waals surface area contributed by atoms with Crippen LogP contribution in [0.25, 0.3) is 0 Å². The summed E-state index contributed by atoms with van der Waals surface area (Å²) in [6, 6.07) is 0.834. The van der Waals surface area contributed by atoms with Crippen molar-refractivity contribution in [2.75, 3.05) is 26.2 Å². The van der Waals surface area contributed by atoms with E-state index in [2.05, 4.69) is 10.2 Å². The third kappa shape index (κ3) is 1.96. The number of nitrogens with one attached hydrogen (secondary N) is 1. The summed E-state index contributed by atoms with van der Waals surface area (Å²) in [4.78, 5) is 2.69. The number of likely N-dealkylation sites (tertiary alicyclic amines) is 1. The summed E-state index contributed by atoms with van der Waals surface area (Å²) in [6.07, 6.45) is 7.19. The van der Waals surface area contributed by atoms with Gasteiger partial charge in [-0.3, -0.25) is 0 Å². The fourth-order valence-corrected chi connectivity index (χ4v) is 3.19. The zero-order valence-corrected chi connectivity index (χ0v) is 9.04. The molecule has 0 bridgehead atoms. The molecule has 2 aliphatic heterocycles. The number of fused-ring (bicyclic) bond motifs is 1. The Balaban J connectivity index is 1.36. The van der Waals surface area contributed by atoms with Crippen LogP contribution in [0.5, 0.6) is 0 Å². The van der Waals surface area contributed by atoms with Gasteiger partial charge in [0.05, 0.1) is 0 Å². The van der Waals surface area contributed by atoms with Crippen LogP contribution < -0.4 is 5.32 Å². The van der Waals surface area contributed by atoms with Crippen molar-refractivity contribution in [2.24, 2.45) is 11.8 Å². The molecule has 0 radical (unpaired) electrons. The molecule has 3 aliphatic rings. The molecule has 0 spiro atoms. The average molecular weight is 194 g/mol. The van der Waals surface area contributed by atoms with Crippen molar-refractivity contribution in [1.82, 2.24) is 10.2 Å². The van der Waals surface area contributed by atoms with Gasteiger partial charge in [-0.05, 0) is 50.6 Å². The van der Waals surface area contributed by atoms with E-state index in [0.717, 1.165) is 17.9 Å². The molecule has 2 heteroatoms. The molecule has 0 aromatic carbocycles. The summed E-state index contributed by atoms with van der Waals surface area (Å²) in [5.41, 5.74) is 0. The molecule has 3 atom stereocenters. The molecule has 1 saturated carbocycles. The minimum absolute atomic E-state index is 0.834. The Kier molecular flexibility index (Phi) is 2.50. The summed E-state index contributed by atoms with van der Waals surface area (Å²) < 4.78 is 0. The molecular weight excluding hydrogens is 172 g/mol. The molecule has 2 heterocycles. The van der Waals surface area contributed by atoms with E-state index in [9.17, 15) is 0 Å². The molecule has 0 aromatic rings. The van der Waals surface area contributed by atoms with Crippen LogP contribution in [0.4, 0.5) is 0 Å². The molecule has 0 aromatic heterocycles. The summed E-state index contributed by atoms with van der Waals surface area (Å²) in [5, 5.41) is 3.64. The fraction of sp³-hybridized carbons (Fsp3) is 1.00. The molecule has 3 rings (SSSR count). The van der Waals surface area contributed by atoms with Crippen LogP contribution in [0.1, 0.15) is 32.1 Å². The minimum atomic E-state index is 0.834. The van der Waals surface area contributed by atoms with E-state index in [1.807, 2.05) is 0 Å². The van der Waals surface area contributed by atoms with Crippen LogP contribution in [0.3, 0.4) is 0 Å². The van der Waals surface area contributed by atoms with E-state index in [-0.39, 0.29) is 0 Å². The molecule has 2 nitrogen and oxygen atoms in total. The maximum absolute atomic E-state index is 3.64. The number of nitrogens with zero attached hydrogens (tertiary/aromatic N) is 1.